The summed E-state index contributed by atoms with van der Waals surface area (Å²) >= 11 is 9.99. The summed E-state index contributed by atoms with van der Waals surface area (Å²) in [5.74, 6) is 1.56. The van der Waals surface area contributed by atoms with Crippen molar-refractivity contribution in [2.24, 2.45) is 0 Å². The quantitative estimate of drug-likeness (QED) is 0.583. The fourth-order valence-electron chi connectivity index (χ4n) is 2.31. The van der Waals surface area contributed by atoms with Gasteiger partial charge in [-0.15, -0.1) is 0 Å². The van der Waals surface area contributed by atoms with Crippen LogP contribution in [0.2, 0.25) is 5.02 Å². The van der Waals surface area contributed by atoms with Gasteiger partial charge in [0.25, 0.3) is 0 Å². The molecule has 0 N–H and O–H groups in total. The second-order valence-electron chi connectivity index (χ2n) is 5.17. The highest BCUT2D eigenvalue weighted by Gasteiger charge is 2.13. The van der Waals surface area contributed by atoms with E-state index in [0.717, 1.165) is 38.1 Å². The zero-order valence-electron chi connectivity index (χ0n) is 12.8. The van der Waals surface area contributed by atoms with Crippen LogP contribution in [0.25, 0.3) is 10.9 Å². The van der Waals surface area contributed by atoms with Gasteiger partial charge < -0.3 is 9.47 Å². The van der Waals surface area contributed by atoms with E-state index in [-0.39, 0.29) is 0 Å². The lowest BCUT2D eigenvalue weighted by molar-refractivity contribution is 0.301. The lowest BCUT2D eigenvalue weighted by Gasteiger charge is -2.11. The number of aryl methyl sites for hydroxylation is 1. The molecule has 0 aliphatic carbocycles. The van der Waals surface area contributed by atoms with Crippen LogP contribution < -0.4 is 9.47 Å². The lowest BCUT2D eigenvalue weighted by Crippen LogP contribution is -2.01. The molecule has 1 aromatic heterocycles. The lowest BCUT2D eigenvalue weighted by atomic mass is 10.2. The highest BCUT2D eigenvalue weighted by atomic mass is 79.9. The average Bonchev–Trinajstić information content (AvgIpc) is 2.56. The Labute approximate surface area is 148 Å². The van der Waals surface area contributed by atoms with Gasteiger partial charge in [-0.05, 0) is 58.7 Å². The first-order valence-electron chi connectivity index (χ1n) is 7.09. The van der Waals surface area contributed by atoms with Crippen LogP contribution in [0.15, 0.2) is 46.9 Å². The summed E-state index contributed by atoms with van der Waals surface area (Å²) in [5.41, 5.74) is 2.72. The zero-order chi connectivity index (χ0) is 16.4. The summed E-state index contributed by atoms with van der Waals surface area (Å²) in [6.07, 6.45) is 0. The largest absolute Gasteiger partial charge is 0.497 e. The third-order valence-electron chi connectivity index (χ3n) is 3.51. The zero-order valence-corrected chi connectivity index (χ0v) is 15.1. The molecule has 0 spiro atoms. The molecular weight excluding hydrogens is 378 g/mol. The summed E-state index contributed by atoms with van der Waals surface area (Å²) < 4.78 is 11.8. The Hall–Kier alpha value is -1.78. The van der Waals surface area contributed by atoms with Gasteiger partial charge in [0.1, 0.15) is 18.1 Å². The molecule has 118 valence electrons. The highest BCUT2D eigenvalue weighted by molar-refractivity contribution is 9.10. The van der Waals surface area contributed by atoms with E-state index in [4.69, 9.17) is 21.1 Å². The maximum Gasteiger partial charge on any atom is 0.131 e. The van der Waals surface area contributed by atoms with Crippen molar-refractivity contribution in [3.8, 4) is 11.5 Å². The average molecular weight is 393 g/mol. The van der Waals surface area contributed by atoms with Crippen LogP contribution in [0.3, 0.4) is 0 Å². The molecule has 23 heavy (non-hydrogen) atoms. The standard InChI is InChI=1S/C18H15BrClNO2/c1-11-4-3-5-13(8-11)23-10-16-17(19)18(20)14-9-12(22-2)6-7-15(14)21-16/h3-9H,10H2,1-2H3. The number of fused-ring (bicyclic) bond motifs is 1. The van der Waals surface area contributed by atoms with Crippen LogP contribution in [0.5, 0.6) is 11.5 Å². The van der Waals surface area contributed by atoms with Crippen molar-refractivity contribution in [3.63, 3.8) is 0 Å². The number of hydrogen-bond acceptors (Lipinski definition) is 3. The Balaban J connectivity index is 1.93. The third kappa shape index (κ3) is 3.43. The van der Waals surface area contributed by atoms with Crippen LogP contribution in [-0.2, 0) is 6.61 Å². The summed E-state index contributed by atoms with van der Waals surface area (Å²) in [4.78, 5) is 4.64. The molecule has 0 unspecified atom stereocenters. The molecule has 0 amide bonds. The number of hydrogen-bond donors (Lipinski definition) is 0. The van der Waals surface area contributed by atoms with Crippen LogP contribution in [0.1, 0.15) is 11.3 Å². The monoisotopic (exact) mass is 391 g/mol. The molecule has 0 fully saturated rings. The van der Waals surface area contributed by atoms with Gasteiger partial charge in [0.05, 0.1) is 27.8 Å². The number of nitrogens with zero attached hydrogens (tertiary/aromatic N) is 1. The Morgan fingerprint density at radius 1 is 1.13 bits per heavy atom. The van der Waals surface area contributed by atoms with Gasteiger partial charge in [0.15, 0.2) is 0 Å². The van der Waals surface area contributed by atoms with Crippen molar-refractivity contribution in [2.75, 3.05) is 7.11 Å². The molecule has 2 aromatic carbocycles. The first-order chi connectivity index (χ1) is 11.1. The molecule has 3 nitrogen and oxygen atoms in total. The molecule has 5 heteroatoms. The number of aromatic nitrogens is 1. The number of methoxy groups -OCH3 is 1. The predicted molar refractivity (Wildman–Crippen MR) is 96.5 cm³/mol. The first kappa shape index (κ1) is 16.1. The summed E-state index contributed by atoms with van der Waals surface area (Å²) in [6.45, 7) is 2.37. The number of pyridine rings is 1. The molecule has 3 aromatic rings. The van der Waals surface area contributed by atoms with Crippen molar-refractivity contribution in [1.82, 2.24) is 4.98 Å². The molecule has 0 aliphatic rings. The summed E-state index contributed by atoms with van der Waals surface area (Å²) in [5, 5.41) is 1.45. The van der Waals surface area contributed by atoms with E-state index in [0.29, 0.717) is 11.6 Å². The maximum atomic E-state index is 6.47. The molecular formula is C18H15BrClNO2. The van der Waals surface area contributed by atoms with E-state index in [2.05, 4.69) is 20.9 Å². The van der Waals surface area contributed by atoms with Crippen molar-refractivity contribution in [1.29, 1.82) is 0 Å². The smallest absolute Gasteiger partial charge is 0.131 e. The van der Waals surface area contributed by atoms with Gasteiger partial charge in [0, 0.05) is 5.39 Å². The minimum absolute atomic E-state index is 0.339. The number of benzene rings is 2. The van der Waals surface area contributed by atoms with E-state index in [1.165, 1.54) is 0 Å². The molecule has 1 heterocycles. The Kier molecular flexibility index (Phi) is 4.74. The molecule has 0 radical (unpaired) electrons. The van der Waals surface area contributed by atoms with Crippen LogP contribution in [0, 0.1) is 6.92 Å². The topological polar surface area (TPSA) is 31.4 Å². The molecule has 0 atom stereocenters. The number of rotatable bonds is 4. The number of halogens is 2. The molecule has 0 aliphatic heterocycles. The van der Waals surface area contributed by atoms with E-state index in [1.54, 1.807) is 7.11 Å². The van der Waals surface area contributed by atoms with Crippen molar-refractivity contribution < 1.29 is 9.47 Å². The fraction of sp³-hybridized carbons (Fsp3) is 0.167. The molecule has 0 saturated heterocycles. The van der Waals surface area contributed by atoms with Crippen LogP contribution in [-0.4, -0.2) is 12.1 Å². The Morgan fingerprint density at radius 2 is 1.96 bits per heavy atom. The minimum atomic E-state index is 0.339. The van der Waals surface area contributed by atoms with E-state index in [9.17, 15) is 0 Å². The van der Waals surface area contributed by atoms with Crippen LogP contribution in [0.4, 0.5) is 0 Å². The van der Waals surface area contributed by atoms with Crippen LogP contribution >= 0.6 is 27.5 Å². The van der Waals surface area contributed by atoms with Gasteiger partial charge in [0.2, 0.25) is 0 Å². The molecule has 0 bridgehead atoms. The highest BCUT2D eigenvalue weighted by Crippen LogP contribution is 2.34. The molecule has 0 saturated carbocycles. The normalized spacial score (nSPS) is 10.8. The molecule has 3 rings (SSSR count). The van der Waals surface area contributed by atoms with E-state index in [1.807, 2.05) is 49.4 Å². The Bertz CT molecular complexity index is 867. The maximum absolute atomic E-state index is 6.47. The predicted octanol–water partition coefficient (Wildman–Crippen LogP) is 5.55. The van der Waals surface area contributed by atoms with Crippen molar-refractivity contribution >= 4 is 38.4 Å². The second kappa shape index (κ2) is 6.77. The minimum Gasteiger partial charge on any atom is -0.497 e. The van der Waals surface area contributed by atoms with Gasteiger partial charge in [-0.3, -0.25) is 0 Å². The Morgan fingerprint density at radius 3 is 2.70 bits per heavy atom. The van der Waals surface area contributed by atoms with Crippen molar-refractivity contribution in [2.45, 2.75) is 13.5 Å². The van der Waals surface area contributed by atoms with Gasteiger partial charge in [-0.2, -0.15) is 0 Å². The van der Waals surface area contributed by atoms with Gasteiger partial charge in [-0.1, -0.05) is 23.7 Å². The summed E-state index contributed by atoms with van der Waals surface area (Å²) in [7, 11) is 1.63. The summed E-state index contributed by atoms with van der Waals surface area (Å²) in [6, 6.07) is 13.5. The number of ether oxygens (including phenoxy) is 2. The second-order valence-corrected chi connectivity index (χ2v) is 6.35. The SMILES string of the molecule is COc1ccc2nc(COc3cccc(C)c3)c(Br)c(Cl)c2c1. The van der Waals surface area contributed by atoms with E-state index >= 15 is 0 Å². The van der Waals surface area contributed by atoms with E-state index < -0.39 is 0 Å². The van der Waals surface area contributed by atoms with Crippen molar-refractivity contribution in [3.05, 3.63) is 63.2 Å². The first-order valence-corrected chi connectivity index (χ1v) is 8.26. The van der Waals surface area contributed by atoms with Gasteiger partial charge >= 0.3 is 0 Å². The van der Waals surface area contributed by atoms with Gasteiger partial charge in [-0.25, -0.2) is 4.98 Å². The third-order valence-corrected chi connectivity index (χ3v) is 4.98. The fourth-order valence-corrected chi connectivity index (χ4v) is 2.98.